The van der Waals surface area contributed by atoms with Crippen molar-refractivity contribution >= 4 is 34.5 Å². The number of amides is 1. The molecule has 1 heterocycles. The van der Waals surface area contributed by atoms with Gasteiger partial charge in [-0.15, -0.1) is 0 Å². The molecule has 2 aromatic rings. The lowest BCUT2D eigenvalue weighted by molar-refractivity contribution is 0.167. The quantitative estimate of drug-likeness (QED) is 0.937. The van der Waals surface area contributed by atoms with Crippen molar-refractivity contribution in [2.75, 3.05) is 11.9 Å². The molecule has 1 N–H and O–H groups in total. The second kappa shape index (κ2) is 6.79. The van der Waals surface area contributed by atoms with Crippen LogP contribution in [0.3, 0.4) is 0 Å². The Labute approximate surface area is 133 Å². The van der Waals surface area contributed by atoms with E-state index in [0.717, 1.165) is 0 Å². The SMILES string of the molecule is CCOC(=O)Nc1nc2cc(Cl)ccc2c(=O)n1CC(C)C. The molecule has 0 aliphatic rings. The zero-order chi connectivity index (χ0) is 16.3. The Bertz CT molecular complexity index is 756. The highest BCUT2D eigenvalue weighted by Gasteiger charge is 2.15. The van der Waals surface area contributed by atoms with Crippen molar-refractivity contribution in [1.82, 2.24) is 9.55 Å². The summed E-state index contributed by atoms with van der Waals surface area (Å²) in [5, 5.41) is 3.45. The standard InChI is InChI=1S/C15H18ClN3O3/c1-4-22-15(21)18-14-17-12-7-10(16)5-6-11(12)13(20)19(14)8-9(2)3/h5-7,9H,4,8H2,1-3H3,(H,17,18,21). The Hall–Kier alpha value is -2.08. The van der Waals surface area contributed by atoms with Crippen LogP contribution < -0.4 is 10.9 Å². The van der Waals surface area contributed by atoms with E-state index in [4.69, 9.17) is 16.3 Å². The fourth-order valence-electron chi connectivity index (χ4n) is 2.08. The second-order valence-electron chi connectivity index (χ2n) is 5.25. The van der Waals surface area contributed by atoms with Crippen LogP contribution in [0.25, 0.3) is 10.9 Å². The van der Waals surface area contributed by atoms with Gasteiger partial charge in [-0.3, -0.25) is 14.7 Å². The number of anilines is 1. The van der Waals surface area contributed by atoms with Gasteiger partial charge in [0.05, 0.1) is 17.5 Å². The summed E-state index contributed by atoms with van der Waals surface area (Å²) in [7, 11) is 0. The average Bonchev–Trinajstić information content (AvgIpc) is 2.42. The third-order valence-electron chi connectivity index (χ3n) is 2.95. The Morgan fingerprint density at radius 2 is 2.18 bits per heavy atom. The Balaban J connectivity index is 2.59. The molecule has 6 nitrogen and oxygen atoms in total. The first-order chi connectivity index (χ1) is 10.4. The van der Waals surface area contributed by atoms with E-state index in [1.54, 1.807) is 25.1 Å². The van der Waals surface area contributed by atoms with Crippen LogP contribution in [0.5, 0.6) is 0 Å². The van der Waals surface area contributed by atoms with Gasteiger partial charge >= 0.3 is 6.09 Å². The molecule has 0 radical (unpaired) electrons. The molecule has 0 saturated carbocycles. The summed E-state index contributed by atoms with van der Waals surface area (Å²) in [4.78, 5) is 28.6. The van der Waals surface area contributed by atoms with Crippen molar-refractivity contribution in [3.05, 3.63) is 33.6 Å². The highest BCUT2D eigenvalue weighted by Crippen LogP contribution is 2.17. The maximum Gasteiger partial charge on any atom is 0.413 e. The number of benzene rings is 1. The van der Waals surface area contributed by atoms with Crippen molar-refractivity contribution in [2.45, 2.75) is 27.3 Å². The van der Waals surface area contributed by atoms with Gasteiger partial charge in [0.25, 0.3) is 5.56 Å². The Morgan fingerprint density at radius 1 is 1.45 bits per heavy atom. The highest BCUT2D eigenvalue weighted by molar-refractivity contribution is 6.31. The minimum Gasteiger partial charge on any atom is -0.450 e. The fourth-order valence-corrected chi connectivity index (χ4v) is 2.25. The van der Waals surface area contributed by atoms with E-state index in [0.29, 0.717) is 22.5 Å². The molecule has 7 heteroatoms. The van der Waals surface area contributed by atoms with E-state index >= 15 is 0 Å². The number of fused-ring (bicyclic) bond motifs is 1. The summed E-state index contributed by atoms with van der Waals surface area (Å²) in [6, 6.07) is 4.87. The summed E-state index contributed by atoms with van der Waals surface area (Å²) >= 11 is 5.94. The minimum atomic E-state index is -0.645. The van der Waals surface area contributed by atoms with E-state index < -0.39 is 6.09 Å². The zero-order valence-electron chi connectivity index (χ0n) is 12.7. The van der Waals surface area contributed by atoms with Crippen molar-refractivity contribution < 1.29 is 9.53 Å². The maximum absolute atomic E-state index is 12.6. The van der Waals surface area contributed by atoms with Crippen LogP contribution in [-0.4, -0.2) is 22.3 Å². The predicted molar refractivity (Wildman–Crippen MR) is 86.5 cm³/mol. The molecular formula is C15H18ClN3O3. The van der Waals surface area contributed by atoms with Crippen molar-refractivity contribution in [3.63, 3.8) is 0 Å². The fraction of sp³-hybridized carbons (Fsp3) is 0.400. The number of aromatic nitrogens is 2. The van der Waals surface area contributed by atoms with Gasteiger partial charge in [-0.05, 0) is 31.0 Å². The molecule has 22 heavy (non-hydrogen) atoms. The number of rotatable bonds is 4. The van der Waals surface area contributed by atoms with Gasteiger partial charge in [0, 0.05) is 11.6 Å². The molecule has 0 atom stereocenters. The van der Waals surface area contributed by atoms with Gasteiger partial charge in [-0.25, -0.2) is 9.78 Å². The van der Waals surface area contributed by atoms with E-state index in [2.05, 4.69) is 10.3 Å². The molecule has 1 aromatic heterocycles. The van der Waals surface area contributed by atoms with Crippen LogP contribution in [-0.2, 0) is 11.3 Å². The normalized spacial score (nSPS) is 11.0. The Morgan fingerprint density at radius 3 is 2.82 bits per heavy atom. The number of carbonyl (C=O) groups is 1. The number of nitrogens with zero attached hydrogens (tertiary/aromatic N) is 2. The summed E-state index contributed by atoms with van der Waals surface area (Å²) in [6.45, 7) is 6.33. The first-order valence-corrected chi connectivity index (χ1v) is 7.44. The molecule has 0 unspecified atom stereocenters. The molecule has 0 aliphatic heterocycles. The van der Waals surface area contributed by atoms with Gasteiger partial charge in [0.1, 0.15) is 0 Å². The van der Waals surface area contributed by atoms with Gasteiger partial charge in [0.15, 0.2) is 0 Å². The molecule has 1 aromatic carbocycles. The molecule has 2 rings (SSSR count). The van der Waals surface area contributed by atoms with E-state index in [9.17, 15) is 9.59 Å². The first-order valence-electron chi connectivity index (χ1n) is 7.06. The number of hydrogen-bond acceptors (Lipinski definition) is 4. The molecule has 1 amide bonds. The van der Waals surface area contributed by atoms with Crippen molar-refractivity contribution in [3.8, 4) is 0 Å². The molecule has 0 saturated heterocycles. The van der Waals surface area contributed by atoms with Gasteiger partial charge in [-0.1, -0.05) is 25.4 Å². The first kappa shape index (κ1) is 16.3. The van der Waals surface area contributed by atoms with E-state index in [-0.39, 0.29) is 24.0 Å². The smallest absolute Gasteiger partial charge is 0.413 e. The zero-order valence-corrected chi connectivity index (χ0v) is 13.5. The monoisotopic (exact) mass is 323 g/mol. The Kier molecular flexibility index (Phi) is 5.03. The van der Waals surface area contributed by atoms with Crippen molar-refractivity contribution in [2.24, 2.45) is 5.92 Å². The lowest BCUT2D eigenvalue weighted by Gasteiger charge is -2.15. The minimum absolute atomic E-state index is 0.159. The van der Waals surface area contributed by atoms with Crippen molar-refractivity contribution in [1.29, 1.82) is 0 Å². The largest absolute Gasteiger partial charge is 0.450 e. The summed E-state index contributed by atoms with van der Waals surface area (Å²) in [5.41, 5.74) is 0.214. The van der Waals surface area contributed by atoms with Crippen LogP contribution >= 0.6 is 11.6 Å². The predicted octanol–water partition coefficient (Wildman–Crippen LogP) is 3.27. The third-order valence-corrected chi connectivity index (χ3v) is 3.19. The number of halogens is 1. The molecule has 118 valence electrons. The van der Waals surface area contributed by atoms with E-state index in [1.165, 1.54) is 4.57 Å². The van der Waals surface area contributed by atoms with Crippen LogP contribution in [0.4, 0.5) is 10.7 Å². The third kappa shape index (κ3) is 3.57. The summed E-state index contributed by atoms with van der Waals surface area (Å²) < 4.78 is 6.29. The molecule has 0 bridgehead atoms. The lowest BCUT2D eigenvalue weighted by atomic mass is 10.2. The molecule has 0 aliphatic carbocycles. The number of hydrogen-bond donors (Lipinski definition) is 1. The second-order valence-corrected chi connectivity index (χ2v) is 5.69. The lowest BCUT2D eigenvalue weighted by Crippen LogP contribution is -2.29. The maximum atomic E-state index is 12.6. The number of ether oxygens (including phenoxy) is 1. The number of carbonyl (C=O) groups excluding carboxylic acids is 1. The molecular weight excluding hydrogens is 306 g/mol. The molecule has 0 spiro atoms. The summed E-state index contributed by atoms with van der Waals surface area (Å²) in [6.07, 6.45) is -0.645. The van der Waals surface area contributed by atoms with Gasteiger partial charge < -0.3 is 4.74 Å². The van der Waals surface area contributed by atoms with Gasteiger partial charge in [-0.2, -0.15) is 0 Å². The summed E-state index contributed by atoms with van der Waals surface area (Å²) in [5.74, 6) is 0.374. The van der Waals surface area contributed by atoms with Crippen LogP contribution in [0.2, 0.25) is 5.02 Å². The highest BCUT2D eigenvalue weighted by atomic mass is 35.5. The van der Waals surface area contributed by atoms with E-state index in [1.807, 2.05) is 13.8 Å². The topological polar surface area (TPSA) is 73.2 Å². The average molecular weight is 324 g/mol. The van der Waals surface area contributed by atoms with Crippen LogP contribution in [0.1, 0.15) is 20.8 Å². The van der Waals surface area contributed by atoms with Crippen LogP contribution in [0, 0.1) is 5.92 Å². The van der Waals surface area contributed by atoms with Gasteiger partial charge in [0.2, 0.25) is 5.95 Å². The number of nitrogens with one attached hydrogen (secondary N) is 1. The molecule has 0 fully saturated rings. The van der Waals surface area contributed by atoms with Crippen LogP contribution in [0.15, 0.2) is 23.0 Å².